The number of rotatable bonds is 4. The molecule has 0 aliphatic rings. The van der Waals surface area contributed by atoms with Crippen molar-refractivity contribution in [3.05, 3.63) is 51.5 Å². The Morgan fingerprint density at radius 2 is 1.95 bits per heavy atom. The van der Waals surface area contributed by atoms with E-state index in [9.17, 15) is 5.11 Å². The first-order valence-corrected chi connectivity index (χ1v) is 6.82. The van der Waals surface area contributed by atoms with Gasteiger partial charge in [0.05, 0.1) is 17.8 Å². The number of phenols is 1. The molecule has 0 aromatic heterocycles. The fourth-order valence-electron chi connectivity index (χ4n) is 1.90. The Morgan fingerprint density at radius 1 is 1.20 bits per heavy atom. The van der Waals surface area contributed by atoms with E-state index in [0.717, 1.165) is 17.0 Å². The van der Waals surface area contributed by atoms with Crippen LogP contribution in [-0.2, 0) is 6.54 Å². The van der Waals surface area contributed by atoms with Gasteiger partial charge in [0, 0.05) is 17.1 Å². The summed E-state index contributed by atoms with van der Waals surface area (Å²) in [4.78, 5) is 0. The fourth-order valence-corrected chi connectivity index (χ4v) is 2.44. The minimum Gasteiger partial charge on any atom is -0.506 e. The average Bonchev–Trinajstić information content (AvgIpc) is 2.41. The Hall–Kier alpha value is -1.58. The minimum absolute atomic E-state index is 0.0372. The standard InChI is InChI=1S/C15H15Cl2NO2/c1-9-3-4-14(20-2)13(5-9)18-8-10-6-11(16)7-12(17)15(10)19/h3-7,18-19H,8H2,1-2H3. The zero-order chi connectivity index (χ0) is 14.7. The van der Waals surface area contributed by atoms with Gasteiger partial charge in [-0.2, -0.15) is 0 Å². The van der Waals surface area contributed by atoms with E-state index in [4.69, 9.17) is 27.9 Å². The van der Waals surface area contributed by atoms with Crippen molar-refractivity contribution in [2.24, 2.45) is 0 Å². The van der Waals surface area contributed by atoms with Crippen molar-refractivity contribution < 1.29 is 9.84 Å². The Balaban J connectivity index is 2.23. The van der Waals surface area contributed by atoms with Gasteiger partial charge >= 0.3 is 0 Å². The van der Waals surface area contributed by atoms with E-state index in [2.05, 4.69) is 5.32 Å². The molecule has 0 fully saturated rings. The normalized spacial score (nSPS) is 10.4. The van der Waals surface area contributed by atoms with E-state index >= 15 is 0 Å². The maximum atomic E-state index is 9.92. The van der Waals surface area contributed by atoms with E-state index in [1.54, 1.807) is 13.2 Å². The van der Waals surface area contributed by atoms with Gasteiger partial charge in [-0.25, -0.2) is 0 Å². The zero-order valence-corrected chi connectivity index (χ0v) is 12.7. The second kappa shape index (κ2) is 6.25. The first-order chi connectivity index (χ1) is 9.51. The van der Waals surface area contributed by atoms with Crippen molar-refractivity contribution in [2.45, 2.75) is 13.5 Å². The average molecular weight is 312 g/mol. The van der Waals surface area contributed by atoms with Crippen LogP contribution in [0.5, 0.6) is 11.5 Å². The van der Waals surface area contributed by atoms with Crippen LogP contribution in [0.3, 0.4) is 0 Å². The van der Waals surface area contributed by atoms with Crippen LogP contribution in [0.15, 0.2) is 30.3 Å². The van der Waals surface area contributed by atoms with Gasteiger partial charge in [-0.1, -0.05) is 29.3 Å². The molecule has 2 rings (SSSR count). The lowest BCUT2D eigenvalue weighted by molar-refractivity contribution is 0.416. The van der Waals surface area contributed by atoms with Crippen LogP contribution in [0.25, 0.3) is 0 Å². The van der Waals surface area contributed by atoms with Crippen molar-refractivity contribution in [3.8, 4) is 11.5 Å². The van der Waals surface area contributed by atoms with Crippen LogP contribution < -0.4 is 10.1 Å². The third-order valence-electron chi connectivity index (χ3n) is 2.93. The summed E-state index contributed by atoms with van der Waals surface area (Å²) in [5.41, 5.74) is 2.59. The SMILES string of the molecule is COc1ccc(C)cc1NCc1cc(Cl)cc(Cl)c1O. The van der Waals surface area contributed by atoms with Gasteiger partial charge in [-0.15, -0.1) is 0 Å². The molecule has 0 unspecified atom stereocenters. The summed E-state index contributed by atoms with van der Waals surface area (Å²) < 4.78 is 5.29. The molecule has 0 saturated carbocycles. The summed E-state index contributed by atoms with van der Waals surface area (Å²) in [6.45, 7) is 2.39. The van der Waals surface area contributed by atoms with Gasteiger partial charge in [-0.05, 0) is 36.8 Å². The summed E-state index contributed by atoms with van der Waals surface area (Å²) in [6, 6.07) is 9.02. The zero-order valence-electron chi connectivity index (χ0n) is 11.2. The molecule has 0 radical (unpaired) electrons. The monoisotopic (exact) mass is 311 g/mol. The molecule has 2 N–H and O–H groups in total. The first-order valence-electron chi connectivity index (χ1n) is 6.06. The molecule has 0 aliphatic carbocycles. The largest absolute Gasteiger partial charge is 0.506 e. The lowest BCUT2D eigenvalue weighted by atomic mass is 10.1. The summed E-state index contributed by atoms with van der Waals surface area (Å²) in [7, 11) is 1.61. The number of benzene rings is 2. The molecule has 2 aromatic rings. The summed E-state index contributed by atoms with van der Waals surface area (Å²) >= 11 is 11.8. The number of aryl methyl sites for hydroxylation is 1. The summed E-state index contributed by atoms with van der Waals surface area (Å²) in [5.74, 6) is 0.776. The molecule has 0 atom stereocenters. The first kappa shape index (κ1) is 14.8. The third kappa shape index (κ3) is 3.30. The number of phenolic OH excluding ortho intramolecular Hbond substituents is 1. The molecule has 0 amide bonds. The van der Waals surface area contributed by atoms with Crippen LogP contribution >= 0.6 is 23.2 Å². The molecule has 5 heteroatoms. The molecule has 0 saturated heterocycles. The maximum absolute atomic E-state index is 9.92. The summed E-state index contributed by atoms with van der Waals surface area (Å²) in [5, 5.41) is 13.9. The number of halogens is 2. The lowest BCUT2D eigenvalue weighted by Gasteiger charge is -2.13. The highest BCUT2D eigenvalue weighted by Crippen LogP contribution is 2.32. The van der Waals surface area contributed by atoms with Crippen molar-refractivity contribution in [1.82, 2.24) is 0 Å². The third-order valence-corrected chi connectivity index (χ3v) is 3.44. The Morgan fingerprint density at radius 3 is 2.65 bits per heavy atom. The Bertz CT molecular complexity index is 630. The van der Waals surface area contributed by atoms with Crippen LogP contribution in [-0.4, -0.2) is 12.2 Å². The predicted octanol–water partition coefficient (Wildman–Crippen LogP) is 4.63. The van der Waals surface area contributed by atoms with E-state index in [0.29, 0.717) is 17.1 Å². The van der Waals surface area contributed by atoms with Gasteiger partial charge in [0.1, 0.15) is 11.5 Å². The molecule has 0 aliphatic heterocycles. The molecular formula is C15H15Cl2NO2. The van der Waals surface area contributed by atoms with Crippen LogP contribution in [0, 0.1) is 6.92 Å². The van der Waals surface area contributed by atoms with Crippen molar-refractivity contribution in [2.75, 3.05) is 12.4 Å². The van der Waals surface area contributed by atoms with Gasteiger partial charge < -0.3 is 15.2 Å². The van der Waals surface area contributed by atoms with Gasteiger partial charge in [0.15, 0.2) is 0 Å². The number of hydrogen-bond donors (Lipinski definition) is 2. The van der Waals surface area contributed by atoms with Crippen LogP contribution in [0.2, 0.25) is 10.0 Å². The van der Waals surface area contributed by atoms with Gasteiger partial charge in [0.2, 0.25) is 0 Å². The highest BCUT2D eigenvalue weighted by atomic mass is 35.5. The minimum atomic E-state index is 0.0372. The molecular weight excluding hydrogens is 297 g/mol. The van der Waals surface area contributed by atoms with E-state index in [-0.39, 0.29) is 10.8 Å². The molecule has 0 heterocycles. The number of ether oxygens (including phenoxy) is 1. The number of methoxy groups -OCH3 is 1. The highest BCUT2D eigenvalue weighted by Gasteiger charge is 2.09. The topological polar surface area (TPSA) is 41.5 Å². The van der Waals surface area contributed by atoms with E-state index in [1.165, 1.54) is 6.07 Å². The second-order valence-electron chi connectivity index (χ2n) is 4.45. The molecule has 20 heavy (non-hydrogen) atoms. The molecule has 106 valence electrons. The van der Waals surface area contributed by atoms with Crippen LogP contribution in [0.1, 0.15) is 11.1 Å². The van der Waals surface area contributed by atoms with Crippen molar-refractivity contribution >= 4 is 28.9 Å². The van der Waals surface area contributed by atoms with Crippen molar-refractivity contribution in [3.63, 3.8) is 0 Å². The molecule has 0 spiro atoms. The smallest absolute Gasteiger partial charge is 0.141 e. The summed E-state index contributed by atoms with van der Waals surface area (Å²) in [6.07, 6.45) is 0. The number of nitrogens with one attached hydrogen (secondary N) is 1. The number of anilines is 1. The van der Waals surface area contributed by atoms with E-state index in [1.807, 2.05) is 25.1 Å². The number of aromatic hydroxyl groups is 1. The fraction of sp³-hybridized carbons (Fsp3) is 0.200. The molecule has 3 nitrogen and oxygen atoms in total. The Labute approximate surface area is 128 Å². The van der Waals surface area contributed by atoms with Crippen LogP contribution in [0.4, 0.5) is 5.69 Å². The lowest BCUT2D eigenvalue weighted by Crippen LogP contribution is -2.02. The number of hydrogen-bond acceptors (Lipinski definition) is 3. The van der Waals surface area contributed by atoms with Crippen molar-refractivity contribution in [1.29, 1.82) is 0 Å². The second-order valence-corrected chi connectivity index (χ2v) is 5.30. The highest BCUT2D eigenvalue weighted by molar-refractivity contribution is 6.35. The Kier molecular flexibility index (Phi) is 4.63. The van der Waals surface area contributed by atoms with Gasteiger partial charge in [0.25, 0.3) is 0 Å². The molecule has 2 aromatic carbocycles. The molecule has 0 bridgehead atoms. The maximum Gasteiger partial charge on any atom is 0.141 e. The van der Waals surface area contributed by atoms with Gasteiger partial charge in [-0.3, -0.25) is 0 Å². The predicted molar refractivity (Wildman–Crippen MR) is 83.2 cm³/mol. The van der Waals surface area contributed by atoms with E-state index < -0.39 is 0 Å². The quantitative estimate of drug-likeness (QED) is 0.865.